The summed E-state index contributed by atoms with van der Waals surface area (Å²) in [5.74, 6) is 0. The zero-order chi connectivity index (χ0) is 9.31. The Hall–Kier alpha value is -0.760. The van der Waals surface area contributed by atoms with Crippen molar-refractivity contribution in [3.05, 3.63) is 35.9 Å². The van der Waals surface area contributed by atoms with Gasteiger partial charge in [-0.3, -0.25) is 4.99 Å². The molecule has 1 unspecified atom stereocenters. The summed E-state index contributed by atoms with van der Waals surface area (Å²) in [4.78, 5) is 4.50. The predicted octanol–water partition coefficient (Wildman–Crippen LogP) is 3.28. The van der Waals surface area contributed by atoms with E-state index in [1.165, 1.54) is 5.56 Å². The highest BCUT2D eigenvalue weighted by Crippen LogP contribution is 2.43. The van der Waals surface area contributed by atoms with E-state index in [9.17, 15) is 0 Å². The molecule has 1 atom stereocenters. The number of hydrogen-bond donors (Lipinski definition) is 0. The van der Waals surface area contributed by atoms with Gasteiger partial charge in [0.15, 0.2) is 0 Å². The van der Waals surface area contributed by atoms with Gasteiger partial charge in [-0.25, -0.2) is 0 Å². The number of hydrogen-bond acceptors (Lipinski definition) is 2. The highest BCUT2D eigenvalue weighted by atomic mass is 32.2. The molecule has 1 nitrogen and oxygen atoms in total. The number of aliphatic imine (C=N–C) groups is 1. The summed E-state index contributed by atoms with van der Waals surface area (Å²) in [7, 11) is 0. The lowest BCUT2D eigenvalue weighted by Crippen LogP contribution is -2.11. The second-order valence-electron chi connectivity index (χ2n) is 3.76. The SMILES string of the molecule is CC1(C)C=NC(c2ccccc2)S1. The van der Waals surface area contributed by atoms with Crippen LogP contribution in [0.15, 0.2) is 35.3 Å². The Labute approximate surface area is 83.3 Å². The fraction of sp³-hybridized carbons (Fsp3) is 0.364. The Bertz CT molecular complexity index is 316. The van der Waals surface area contributed by atoms with Crippen LogP contribution in [0.4, 0.5) is 0 Å². The number of thioether (sulfide) groups is 1. The van der Waals surface area contributed by atoms with Crippen molar-refractivity contribution < 1.29 is 0 Å². The molecular formula is C11H13NS. The zero-order valence-corrected chi connectivity index (χ0v) is 8.71. The summed E-state index contributed by atoms with van der Waals surface area (Å²) >= 11 is 1.90. The molecule has 0 radical (unpaired) electrons. The summed E-state index contributed by atoms with van der Waals surface area (Å²) < 4.78 is 0.195. The van der Waals surface area contributed by atoms with Crippen molar-refractivity contribution in [3.63, 3.8) is 0 Å². The van der Waals surface area contributed by atoms with Gasteiger partial charge < -0.3 is 0 Å². The smallest absolute Gasteiger partial charge is 0.121 e. The highest BCUT2D eigenvalue weighted by molar-refractivity contribution is 8.01. The molecule has 1 aromatic rings. The second-order valence-corrected chi connectivity index (χ2v) is 5.50. The van der Waals surface area contributed by atoms with Crippen molar-refractivity contribution in [1.82, 2.24) is 0 Å². The maximum absolute atomic E-state index is 4.50. The van der Waals surface area contributed by atoms with E-state index in [0.717, 1.165) is 0 Å². The fourth-order valence-electron chi connectivity index (χ4n) is 1.37. The van der Waals surface area contributed by atoms with Gasteiger partial charge in [-0.15, -0.1) is 11.8 Å². The third-order valence-electron chi connectivity index (χ3n) is 2.02. The summed E-state index contributed by atoms with van der Waals surface area (Å²) in [6, 6.07) is 10.4. The fourth-order valence-corrected chi connectivity index (χ4v) is 2.48. The summed E-state index contributed by atoms with van der Waals surface area (Å²) in [5, 5.41) is 0.302. The van der Waals surface area contributed by atoms with E-state index in [-0.39, 0.29) is 4.75 Å². The topological polar surface area (TPSA) is 12.4 Å². The predicted molar refractivity (Wildman–Crippen MR) is 59.3 cm³/mol. The van der Waals surface area contributed by atoms with Crippen LogP contribution in [0.5, 0.6) is 0 Å². The molecule has 0 fully saturated rings. The Balaban J connectivity index is 2.19. The van der Waals surface area contributed by atoms with Crippen LogP contribution in [0.2, 0.25) is 0 Å². The lowest BCUT2D eigenvalue weighted by Gasteiger charge is -2.14. The van der Waals surface area contributed by atoms with Gasteiger partial charge in [0.1, 0.15) is 5.37 Å². The van der Waals surface area contributed by atoms with Crippen molar-refractivity contribution >= 4 is 18.0 Å². The average molecular weight is 191 g/mol. The van der Waals surface area contributed by atoms with E-state index in [0.29, 0.717) is 5.37 Å². The van der Waals surface area contributed by atoms with Crippen LogP contribution in [-0.4, -0.2) is 11.0 Å². The third kappa shape index (κ3) is 1.94. The van der Waals surface area contributed by atoms with Gasteiger partial charge >= 0.3 is 0 Å². The molecule has 68 valence electrons. The Kier molecular flexibility index (Phi) is 2.16. The largest absolute Gasteiger partial charge is 0.277 e. The molecule has 2 heteroatoms. The molecule has 0 N–H and O–H groups in total. The Morgan fingerprint density at radius 2 is 1.92 bits per heavy atom. The van der Waals surface area contributed by atoms with Crippen LogP contribution >= 0.6 is 11.8 Å². The van der Waals surface area contributed by atoms with Gasteiger partial charge in [0, 0.05) is 11.0 Å². The summed E-state index contributed by atoms with van der Waals surface area (Å²) in [5.41, 5.74) is 1.30. The lowest BCUT2D eigenvalue weighted by atomic mass is 10.2. The van der Waals surface area contributed by atoms with Crippen LogP contribution in [0.3, 0.4) is 0 Å². The van der Waals surface area contributed by atoms with E-state index in [1.807, 2.05) is 17.8 Å². The van der Waals surface area contributed by atoms with Crippen molar-refractivity contribution in [2.24, 2.45) is 4.99 Å². The zero-order valence-electron chi connectivity index (χ0n) is 7.90. The standard InChI is InChI=1S/C11H13NS/c1-11(2)8-12-10(13-11)9-6-4-3-5-7-9/h3-8,10H,1-2H3. The molecule has 1 aliphatic rings. The number of rotatable bonds is 1. The van der Waals surface area contributed by atoms with E-state index in [2.05, 4.69) is 49.3 Å². The molecule has 0 spiro atoms. The highest BCUT2D eigenvalue weighted by Gasteiger charge is 2.28. The molecule has 1 aliphatic heterocycles. The molecule has 13 heavy (non-hydrogen) atoms. The summed E-state index contributed by atoms with van der Waals surface area (Å²) in [6.07, 6.45) is 2.05. The van der Waals surface area contributed by atoms with Gasteiger partial charge in [0.05, 0.1) is 0 Å². The monoisotopic (exact) mass is 191 g/mol. The maximum Gasteiger partial charge on any atom is 0.121 e. The van der Waals surface area contributed by atoms with Crippen molar-refractivity contribution in [3.8, 4) is 0 Å². The molecule has 2 rings (SSSR count). The van der Waals surface area contributed by atoms with E-state index in [4.69, 9.17) is 0 Å². The first kappa shape index (κ1) is 8.82. The minimum atomic E-state index is 0.195. The van der Waals surface area contributed by atoms with Gasteiger partial charge in [-0.2, -0.15) is 0 Å². The van der Waals surface area contributed by atoms with Crippen LogP contribution in [0, 0.1) is 0 Å². The molecule has 0 amide bonds. The molecule has 0 aliphatic carbocycles. The minimum absolute atomic E-state index is 0.195. The van der Waals surface area contributed by atoms with Crippen LogP contribution in [0.25, 0.3) is 0 Å². The van der Waals surface area contributed by atoms with Crippen molar-refractivity contribution in [2.45, 2.75) is 24.0 Å². The van der Waals surface area contributed by atoms with Crippen LogP contribution in [-0.2, 0) is 0 Å². The molecular weight excluding hydrogens is 178 g/mol. The minimum Gasteiger partial charge on any atom is -0.277 e. The first-order valence-electron chi connectivity index (χ1n) is 4.44. The van der Waals surface area contributed by atoms with E-state index < -0.39 is 0 Å². The van der Waals surface area contributed by atoms with Gasteiger partial charge in [-0.1, -0.05) is 30.3 Å². The van der Waals surface area contributed by atoms with Crippen molar-refractivity contribution in [2.75, 3.05) is 0 Å². The summed E-state index contributed by atoms with van der Waals surface area (Å²) in [6.45, 7) is 4.40. The quantitative estimate of drug-likeness (QED) is 0.663. The average Bonchev–Trinajstić information content (AvgIpc) is 2.48. The molecule has 0 aromatic heterocycles. The first-order valence-corrected chi connectivity index (χ1v) is 5.32. The first-order chi connectivity index (χ1) is 6.17. The molecule has 0 bridgehead atoms. The van der Waals surface area contributed by atoms with Crippen molar-refractivity contribution in [1.29, 1.82) is 0 Å². The van der Waals surface area contributed by atoms with E-state index >= 15 is 0 Å². The second kappa shape index (κ2) is 3.18. The molecule has 0 saturated carbocycles. The number of nitrogens with zero attached hydrogens (tertiary/aromatic N) is 1. The van der Waals surface area contributed by atoms with Gasteiger partial charge in [0.25, 0.3) is 0 Å². The molecule has 1 heterocycles. The van der Waals surface area contributed by atoms with Crippen LogP contribution < -0.4 is 0 Å². The Morgan fingerprint density at radius 3 is 2.46 bits per heavy atom. The maximum atomic E-state index is 4.50. The van der Waals surface area contributed by atoms with Gasteiger partial charge in [-0.05, 0) is 19.4 Å². The lowest BCUT2D eigenvalue weighted by molar-refractivity contribution is 0.987. The number of benzene rings is 1. The molecule has 1 aromatic carbocycles. The van der Waals surface area contributed by atoms with Gasteiger partial charge in [0.2, 0.25) is 0 Å². The Morgan fingerprint density at radius 1 is 1.23 bits per heavy atom. The normalized spacial score (nSPS) is 24.9. The van der Waals surface area contributed by atoms with E-state index in [1.54, 1.807) is 0 Å². The van der Waals surface area contributed by atoms with Crippen LogP contribution in [0.1, 0.15) is 24.8 Å². The third-order valence-corrected chi connectivity index (χ3v) is 3.35. The molecule has 0 saturated heterocycles.